The Morgan fingerprint density at radius 1 is 0.765 bits per heavy atom. The van der Waals surface area contributed by atoms with Gasteiger partial charge in [0.1, 0.15) is 0 Å². The van der Waals surface area contributed by atoms with Crippen LogP contribution >= 0.6 is 0 Å². The molecule has 17 heavy (non-hydrogen) atoms. The fourth-order valence-corrected chi connectivity index (χ4v) is 7.26. The molecule has 0 amide bonds. The van der Waals surface area contributed by atoms with Crippen molar-refractivity contribution < 1.29 is 38.4 Å². The van der Waals surface area contributed by atoms with Crippen LogP contribution in [0.5, 0.6) is 0 Å². The first-order valence-electron chi connectivity index (χ1n) is 3.70. The number of rotatable bonds is 3. The van der Waals surface area contributed by atoms with E-state index in [0.29, 0.717) is 0 Å². The molecular formula is C5H9F3O6S3. The van der Waals surface area contributed by atoms with Crippen LogP contribution in [0.2, 0.25) is 0 Å². The zero-order valence-electron chi connectivity index (χ0n) is 8.81. The van der Waals surface area contributed by atoms with Gasteiger partial charge < -0.3 is 0 Å². The van der Waals surface area contributed by atoms with E-state index in [0.717, 1.165) is 0 Å². The number of alkyl halides is 3. The van der Waals surface area contributed by atoms with E-state index in [2.05, 4.69) is 0 Å². The van der Waals surface area contributed by atoms with Crippen molar-refractivity contribution in [1.29, 1.82) is 0 Å². The molecule has 0 radical (unpaired) electrons. The van der Waals surface area contributed by atoms with Crippen molar-refractivity contribution >= 4 is 29.5 Å². The van der Waals surface area contributed by atoms with E-state index in [9.17, 15) is 38.4 Å². The maximum atomic E-state index is 12.3. The van der Waals surface area contributed by atoms with Crippen LogP contribution < -0.4 is 0 Å². The van der Waals surface area contributed by atoms with E-state index >= 15 is 0 Å². The first kappa shape index (κ1) is 16.6. The van der Waals surface area contributed by atoms with Crippen molar-refractivity contribution in [1.82, 2.24) is 0 Å². The summed E-state index contributed by atoms with van der Waals surface area (Å²) in [7, 11) is -16.5. The molecule has 0 aliphatic carbocycles. The second kappa shape index (κ2) is 3.82. The lowest BCUT2D eigenvalue weighted by Crippen LogP contribution is -2.54. The summed E-state index contributed by atoms with van der Waals surface area (Å²) in [6, 6.07) is 0. The first-order chi connectivity index (χ1) is 7.00. The molecule has 0 rings (SSSR count). The molecule has 0 aromatic rings. The summed E-state index contributed by atoms with van der Waals surface area (Å²) in [5.74, 6) is 0. The molecule has 0 aliphatic heterocycles. The molecule has 104 valence electrons. The fourth-order valence-electron chi connectivity index (χ4n) is 0.884. The van der Waals surface area contributed by atoms with E-state index in [1.54, 1.807) is 0 Å². The highest BCUT2D eigenvalue weighted by Gasteiger charge is 2.68. The van der Waals surface area contributed by atoms with Crippen LogP contribution in [-0.2, 0) is 29.5 Å². The van der Waals surface area contributed by atoms with Gasteiger partial charge in [-0.1, -0.05) is 0 Å². The van der Waals surface area contributed by atoms with Crippen LogP contribution in [0.25, 0.3) is 0 Å². The number of halogens is 3. The highest BCUT2D eigenvalue weighted by Crippen LogP contribution is 2.40. The van der Waals surface area contributed by atoms with Gasteiger partial charge in [-0.2, -0.15) is 13.2 Å². The van der Waals surface area contributed by atoms with E-state index < -0.39 is 38.4 Å². The largest absolute Gasteiger partial charge is 0.499 e. The highest BCUT2D eigenvalue weighted by atomic mass is 32.3. The third kappa shape index (κ3) is 2.29. The van der Waals surface area contributed by atoms with Crippen molar-refractivity contribution in [2.45, 2.75) is 15.8 Å². The van der Waals surface area contributed by atoms with Crippen LogP contribution in [0.1, 0.15) is 6.92 Å². The second-order valence-electron chi connectivity index (χ2n) is 3.36. The quantitative estimate of drug-likeness (QED) is 0.707. The Morgan fingerprint density at radius 2 is 1.00 bits per heavy atom. The molecule has 6 nitrogen and oxygen atoms in total. The van der Waals surface area contributed by atoms with Gasteiger partial charge in [-0.15, -0.1) is 0 Å². The normalized spacial score (nSPS) is 15.9. The van der Waals surface area contributed by atoms with E-state index in [-0.39, 0.29) is 19.4 Å². The van der Waals surface area contributed by atoms with Gasteiger partial charge in [0.05, 0.1) is 0 Å². The Morgan fingerprint density at radius 3 is 1.06 bits per heavy atom. The van der Waals surface area contributed by atoms with Crippen LogP contribution in [0, 0.1) is 0 Å². The van der Waals surface area contributed by atoms with Crippen LogP contribution in [0.3, 0.4) is 0 Å². The summed E-state index contributed by atoms with van der Waals surface area (Å²) in [5, 5.41) is 0. The standard InChI is InChI=1S/C5H9F3O6S3/c1-4(15(2,9)10,16(3,11)12)17(13,14)5(6,7)8/h1-3H3. The Hall–Kier alpha value is -0.360. The van der Waals surface area contributed by atoms with Gasteiger partial charge in [-0.05, 0) is 6.92 Å². The van der Waals surface area contributed by atoms with Gasteiger partial charge in [-0.3, -0.25) is 0 Å². The SMILES string of the molecule is CC(S(C)(=O)=O)(S(C)(=O)=O)S(=O)(=O)C(F)(F)F. The second-order valence-corrected chi connectivity index (χ2v) is 11.1. The summed E-state index contributed by atoms with van der Waals surface area (Å²) in [6.07, 6.45) is 0.217. The molecule has 0 aliphatic rings. The maximum Gasteiger partial charge on any atom is 0.499 e. The van der Waals surface area contributed by atoms with Crippen molar-refractivity contribution in [3.05, 3.63) is 0 Å². The van der Waals surface area contributed by atoms with Gasteiger partial charge >= 0.3 is 5.51 Å². The van der Waals surface area contributed by atoms with Crippen molar-refractivity contribution in [3.8, 4) is 0 Å². The lowest BCUT2D eigenvalue weighted by atomic mass is 10.9. The lowest BCUT2D eigenvalue weighted by Gasteiger charge is -2.26. The summed E-state index contributed by atoms with van der Waals surface area (Å²) in [4.78, 5) is 0. The monoisotopic (exact) mass is 318 g/mol. The minimum absolute atomic E-state index is 0.000486. The molecule has 0 bridgehead atoms. The number of hydrogen-bond acceptors (Lipinski definition) is 6. The summed E-state index contributed by atoms with van der Waals surface area (Å²) >= 11 is 0. The topological polar surface area (TPSA) is 102 Å². The van der Waals surface area contributed by atoms with Gasteiger partial charge in [0, 0.05) is 12.5 Å². The Kier molecular flexibility index (Phi) is 3.73. The minimum Gasteiger partial charge on any atom is -0.226 e. The molecule has 0 spiro atoms. The van der Waals surface area contributed by atoms with Crippen LogP contribution in [0.15, 0.2) is 0 Å². The molecule has 0 N–H and O–H groups in total. The molecule has 0 fully saturated rings. The van der Waals surface area contributed by atoms with Gasteiger partial charge in [0.15, 0.2) is 19.7 Å². The van der Waals surface area contributed by atoms with Gasteiger partial charge in [0.25, 0.3) is 13.2 Å². The highest BCUT2D eigenvalue weighted by molar-refractivity contribution is 8.25. The summed E-state index contributed by atoms with van der Waals surface area (Å²) in [5.41, 5.74) is -5.99. The summed E-state index contributed by atoms with van der Waals surface area (Å²) < 4.78 is 99.6. The Balaban J connectivity index is 6.71. The lowest BCUT2D eigenvalue weighted by molar-refractivity contribution is -0.0441. The van der Waals surface area contributed by atoms with Crippen LogP contribution in [-0.4, -0.2) is 46.7 Å². The smallest absolute Gasteiger partial charge is 0.226 e. The average molecular weight is 318 g/mol. The third-order valence-electron chi connectivity index (χ3n) is 2.14. The predicted molar refractivity (Wildman–Crippen MR) is 53.1 cm³/mol. The molecule has 0 atom stereocenters. The predicted octanol–water partition coefficient (Wildman–Crippen LogP) is -0.316. The van der Waals surface area contributed by atoms with Crippen molar-refractivity contribution in [3.63, 3.8) is 0 Å². The molecular weight excluding hydrogens is 309 g/mol. The number of sulfone groups is 3. The zero-order valence-corrected chi connectivity index (χ0v) is 11.3. The van der Waals surface area contributed by atoms with Gasteiger partial charge in [-0.25, -0.2) is 25.3 Å². The minimum atomic E-state index is -6.43. The molecule has 0 aromatic carbocycles. The van der Waals surface area contributed by atoms with Crippen LogP contribution in [0.4, 0.5) is 13.2 Å². The first-order valence-corrected chi connectivity index (χ1v) is 8.97. The van der Waals surface area contributed by atoms with Crippen molar-refractivity contribution in [2.24, 2.45) is 0 Å². The Bertz CT molecular complexity index is 576. The molecule has 0 heterocycles. The molecule has 0 saturated heterocycles. The molecule has 0 saturated carbocycles. The zero-order chi connectivity index (χ0) is 14.5. The average Bonchev–Trinajstić information content (AvgIpc) is 1.95. The Labute approximate surface area is 96.6 Å². The van der Waals surface area contributed by atoms with E-state index in [1.807, 2.05) is 0 Å². The van der Waals surface area contributed by atoms with Crippen molar-refractivity contribution in [2.75, 3.05) is 12.5 Å². The molecule has 0 aromatic heterocycles. The maximum absolute atomic E-state index is 12.3. The number of hydrogen-bond donors (Lipinski definition) is 0. The van der Waals surface area contributed by atoms with E-state index in [4.69, 9.17) is 0 Å². The van der Waals surface area contributed by atoms with Gasteiger partial charge in [0.2, 0.25) is 0 Å². The fraction of sp³-hybridized carbons (Fsp3) is 1.00. The third-order valence-corrected chi connectivity index (χ3v) is 11.4. The molecule has 12 heteroatoms. The molecule has 0 unspecified atom stereocenters. The van der Waals surface area contributed by atoms with E-state index in [1.165, 1.54) is 0 Å². The summed E-state index contributed by atoms with van der Waals surface area (Å²) in [6.45, 7) is 0.000486.